The maximum atomic E-state index is 12.8. The Kier molecular flexibility index (Phi) is 6.44. The Labute approximate surface area is 160 Å². The Morgan fingerprint density at radius 3 is 1.56 bits per heavy atom. The Morgan fingerprint density at radius 2 is 1.19 bits per heavy atom. The summed E-state index contributed by atoms with van der Waals surface area (Å²) in [6, 6.07) is 15.4. The predicted octanol–water partition coefficient (Wildman–Crippen LogP) is 4.55. The Hall–Kier alpha value is -2.85. The molecule has 2 aromatic rings. The number of ketones is 1. The van der Waals surface area contributed by atoms with Gasteiger partial charge in [-0.25, -0.2) is 0 Å². The fourth-order valence-corrected chi connectivity index (χ4v) is 2.88. The number of carbonyl (C=O) groups excluding carboxylic acids is 1. The highest BCUT2D eigenvalue weighted by Gasteiger charge is 2.21. The van der Waals surface area contributed by atoms with Crippen LogP contribution in [-0.2, 0) is 9.53 Å². The zero-order valence-electron chi connectivity index (χ0n) is 15.7. The molecule has 3 rings (SSSR count). The lowest BCUT2D eigenvalue weighted by atomic mass is 9.98. The zero-order valence-corrected chi connectivity index (χ0v) is 15.7. The molecule has 0 spiro atoms. The van der Waals surface area contributed by atoms with Crippen LogP contribution in [0.15, 0.2) is 59.7 Å². The summed E-state index contributed by atoms with van der Waals surface area (Å²) in [5.41, 5.74) is 3.21. The van der Waals surface area contributed by atoms with Gasteiger partial charge in [-0.2, -0.15) is 0 Å². The first kappa shape index (κ1) is 18.9. The molecule has 0 unspecified atom stereocenters. The molecule has 4 nitrogen and oxygen atoms in total. The molecule has 140 valence electrons. The lowest BCUT2D eigenvalue weighted by Gasteiger charge is -2.17. The summed E-state index contributed by atoms with van der Waals surface area (Å²) in [4.78, 5) is 12.8. The maximum Gasteiger partial charge on any atom is 0.189 e. The van der Waals surface area contributed by atoms with Crippen LogP contribution in [0.4, 0.5) is 0 Å². The molecule has 0 aliphatic carbocycles. The van der Waals surface area contributed by atoms with Gasteiger partial charge in [0.15, 0.2) is 5.78 Å². The van der Waals surface area contributed by atoms with Crippen molar-refractivity contribution in [2.75, 3.05) is 26.4 Å². The van der Waals surface area contributed by atoms with Gasteiger partial charge >= 0.3 is 0 Å². The second-order valence-corrected chi connectivity index (χ2v) is 6.17. The summed E-state index contributed by atoms with van der Waals surface area (Å²) >= 11 is 0. The molecule has 4 heteroatoms. The van der Waals surface area contributed by atoms with Gasteiger partial charge in [0.05, 0.1) is 26.4 Å². The van der Waals surface area contributed by atoms with E-state index in [1.807, 2.05) is 74.5 Å². The van der Waals surface area contributed by atoms with Crippen molar-refractivity contribution in [3.05, 3.63) is 70.8 Å². The number of carbonyl (C=O) groups is 1. The summed E-state index contributed by atoms with van der Waals surface area (Å²) < 4.78 is 16.5. The average Bonchev–Trinajstić information content (AvgIpc) is 2.68. The molecule has 1 saturated heterocycles. The van der Waals surface area contributed by atoms with Gasteiger partial charge in [-0.3, -0.25) is 4.79 Å². The molecule has 0 radical (unpaired) electrons. The highest BCUT2D eigenvalue weighted by molar-refractivity contribution is 6.14. The quantitative estimate of drug-likeness (QED) is 0.706. The molecule has 1 heterocycles. The first-order valence-electron chi connectivity index (χ1n) is 9.19. The normalized spacial score (nSPS) is 17.3. The number of rotatable bonds is 6. The van der Waals surface area contributed by atoms with Gasteiger partial charge < -0.3 is 14.2 Å². The highest BCUT2D eigenvalue weighted by Crippen LogP contribution is 2.22. The topological polar surface area (TPSA) is 44.8 Å². The van der Waals surface area contributed by atoms with E-state index in [2.05, 4.69) is 0 Å². The molecule has 0 saturated carbocycles. The van der Waals surface area contributed by atoms with E-state index in [0.29, 0.717) is 37.6 Å². The molecule has 1 aliphatic rings. The SMILES string of the molecule is CCOc1ccc(/C=C2\COC/C(=C\c3ccc(OCC)cc3)C2=O)cc1. The van der Waals surface area contributed by atoms with Gasteiger partial charge in [0, 0.05) is 11.1 Å². The standard InChI is InChI=1S/C23H24O4/c1-3-26-21-9-5-17(6-10-21)13-19-15-25-16-20(23(19)24)14-18-7-11-22(12-8-18)27-4-2/h5-14H,3-4,15-16H2,1-2H3/b19-13+,20-14+. The first-order valence-corrected chi connectivity index (χ1v) is 9.19. The summed E-state index contributed by atoms with van der Waals surface area (Å²) in [5, 5.41) is 0. The van der Waals surface area contributed by atoms with Crippen LogP contribution in [-0.4, -0.2) is 32.2 Å². The highest BCUT2D eigenvalue weighted by atomic mass is 16.5. The molecule has 2 aromatic carbocycles. The van der Waals surface area contributed by atoms with Crippen molar-refractivity contribution in [3.8, 4) is 11.5 Å². The van der Waals surface area contributed by atoms with E-state index >= 15 is 0 Å². The van der Waals surface area contributed by atoms with Crippen LogP contribution in [0.5, 0.6) is 11.5 Å². The summed E-state index contributed by atoms with van der Waals surface area (Å²) in [7, 11) is 0. The second-order valence-electron chi connectivity index (χ2n) is 6.17. The van der Waals surface area contributed by atoms with Gasteiger partial charge in [0.2, 0.25) is 0 Å². The third kappa shape index (κ3) is 5.08. The number of hydrogen-bond acceptors (Lipinski definition) is 4. The number of Topliss-reactive ketones (excluding diaryl/α,β-unsaturated/α-hetero) is 1. The van der Waals surface area contributed by atoms with Crippen molar-refractivity contribution in [2.45, 2.75) is 13.8 Å². The molecular formula is C23H24O4. The molecular weight excluding hydrogens is 340 g/mol. The molecule has 0 bridgehead atoms. The lowest BCUT2D eigenvalue weighted by Crippen LogP contribution is -2.21. The van der Waals surface area contributed by atoms with Crippen molar-refractivity contribution in [2.24, 2.45) is 0 Å². The summed E-state index contributed by atoms with van der Waals surface area (Å²) in [5.74, 6) is 1.67. The van der Waals surface area contributed by atoms with E-state index in [9.17, 15) is 4.79 Å². The first-order chi connectivity index (χ1) is 13.2. The summed E-state index contributed by atoms with van der Waals surface area (Å²) in [6.07, 6.45) is 3.76. The van der Waals surface area contributed by atoms with E-state index < -0.39 is 0 Å². The van der Waals surface area contributed by atoms with Crippen LogP contribution >= 0.6 is 0 Å². The molecule has 1 aliphatic heterocycles. The van der Waals surface area contributed by atoms with Gasteiger partial charge in [0.1, 0.15) is 11.5 Å². The molecule has 0 aromatic heterocycles. The minimum absolute atomic E-state index is 0.0315. The molecule has 0 atom stereocenters. The zero-order chi connectivity index (χ0) is 19.1. The largest absolute Gasteiger partial charge is 0.494 e. The Morgan fingerprint density at radius 1 is 0.778 bits per heavy atom. The Bertz CT molecular complexity index is 760. The third-order valence-electron chi connectivity index (χ3n) is 4.16. The lowest BCUT2D eigenvalue weighted by molar-refractivity contribution is -0.114. The minimum Gasteiger partial charge on any atom is -0.494 e. The summed E-state index contributed by atoms with van der Waals surface area (Å²) in [6.45, 7) is 5.82. The predicted molar refractivity (Wildman–Crippen MR) is 107 cm³/mol. The van der Waals surface area contributed by atoms with Gasteiger partial charge in [-0.1, -0.05) is 24.3 Å². The monoisotopic (exact) mass is 364 g/mol. The van der Waals surface area contributed by atoms with Gasteiger partial charge in [-0.05, 0) is 61.4 Å². The van der Waals surface area contributed by atoms with E-state index in [1.54, 1.807) is 0 Å². The molecule has 1 fully saturated rings. The second kappa shape index (κ2) is 9.19. The molecule has 0 N–H and O–H groups in total. The number of ether oxygens (including phenoxy) is 3. The van der Waals surface area contributed by atoms with Crippen molar-refractivity contribution >= 4 is 17.9 Å². The molecule has 0 amide bonds. The van der Waals surface area contributed by atoms with Crippen molar-refractivity contribution in [1.82, 2.24) is 0 Å². The van der Waals surface area contributed by atoms with Crippen LogP contribution in [0.1, 0.15) is 25.0 Å². The van der Waals surface area contributed by atoms with E-state index in [-0.39, 0.29) is 5.78 Å². The number of hydrogen-bond donors (Lipinski definition) is 0. The minimum atomic E-state index is 0.0315. The van der Waals surface area contributed by atoms with E-state index in [1.165, 1.54) is 0 Å². The number of benzene rings is 2. The Balaban J connectivity index is 1.76. The van der Waals surface area contributed by atoms with Crippen molar-refractivity contribution in [3.63, 3.8) is 0 Å². The van der Waals surface area contributed by atoms with Gasteiger partial charge in [-0.15, -0.1) is 0 Å². The maximum absolute atomic E-state index is 12.8. The van der Waals surface area contributed by atoms with Crippen LogP contribution in [0.2, 0.25) is 0 Å². The van der Waals surface area contributed by atoms with Crippen molar-refractivity contribution < 1.29 is 19.0 Å². The fraction of sp³-hybridized carbons (Fsp3) is 0.261. The van der Waals surface area contributed by atoms with Crippen LogP contribution in [0.25, 0.3) is 12.2 Å². The van der Waals surface area contributed by atoms with E-state index in [4.69, 9.17) is 14.2 Å². The smallest absolute Gasteiger partial charge is 0.189 e. The van der Waals surface area contributed by atoms with Crippen LogP contribution in [0, 0.1) is 0 Å². The van der Waals surface area contributed by atoms with Crippen LogP contribution < -0.4 is 9.47 Å². The molecule has 27 heavy (non-hydrogen) atoms. The average molecular weight is 364 g/mol. The van der Waals surface area contributed by atoms with Crippen molar-refractivity contribution in [1.29, 1.82) is 0 Å². The fourth-order valence-electron chi connectivity index (χ4n) is 2.88. The van der Waals surface area contributed by atoms with Crippen LogP contribution in [0.3, 0.4) is 0 Å². The van der Waals surface area contributed by atoms with E-state index in [0.717, 1.165) is 22.6 Å². The van der Waals surface area contributed by atoms with Gasteiger partial charge in [0.25, 0.3) is 0 Å². The third-order valence-corrected chi connectivity index (χ3v) is 4.16.